The van der Waals surface area contributed by atoms with Crippen LogP contribution in [-0.4, -0.2) is 54.6 Å². The van der Waals surface area contributed by atoms with Crippen molar-refractivity contribution in [2.24, 2.45) is 11.8 Å². The van der Waals surface area contributed by atoms with Gasteiger partial charge in [0, 0.05) is 25.7 Å². The van der Waals surface area contributed by atoms with Crippen molar-refractivity contribution in [3.8, 4) is 0 Å². The van der Waals surface area contributed by atoms with Gasteiger partial charge in [-0.1, -0.05) is 44.2 Å². The van der Waals surface area contributed by atoms with Crippen LogP contribution < -0.4 is 5.32 Å². The summed E-state index contributed by atoms with van der Waals surface area (Å²) in [5.41, 5.74) is 1.35. The van der Waals surface area contributed by atoms with Crippen molar-refractivity contribution in [3.63, 3.8) is 0 Å². The van der Waals surface area contributed by atoms with Gasteiger partial charge < -0.3 is 15.1 Å². The Hall–Kier alpha value is -1.55. The average Bonchev–Trinajstić information content (AvgIpc) is 3.20. The van der Waals surface area contributed by atoms with E-state index in [9.17, 15) is 4.79 Å². The zero-order valence-electron chi connectivity index (χ0n) is 16.5. The van der Waals surface area contributed by atoms with Gasteiger partial charge in [-0.05, 0) is 62.6 Å². The Bertz CT molecular complexity index is 546. The van der Waals surface area contributed by atoms with Crippen LogP contribution >= 0.6 is 0 Å². The third kappa shape index (κ3) is 5.23. The molecule has 4 heteroatoms. The van der Waals surface area contributed by atoms with Gasteiger partial charge >= 0.3 is 6.03 Å². The molecular formula is C22H35N3O. The number of hydrogen-bond acceptors (Lipinski definition) is 2. The maximum absolute atomic E-state index is 12.6. The second-order valence-corrected chi connectivity index (χ2v) is 8.34. The van der Waals surface area contributed by atoms with E-state index < -0.39 is 0 Å². The molecule has 0 bridgehead atoms. The summed E-state index contributed by atoms with van der Waals surface area (Å²) in [5, 5.41) is 3.21. The molecule has 0 unspecified atom stereocenters. The number of urea groups is 1. The SMILES string of the molecule is CC(C)[C@@H](CNC(=O)N1CCC(N2CCCC2)CC1)Cc1ccccc1. The minimum absolute atomic E-state index is 0.128. The third-order valence-electron chi connectivity index (χ3n) is 6.21. The first-order valence-electron chi connectivity index (χ1n) is 10.4. The van der Waals surface area contributed by atoms with Gasteiger partial charge in [0.25, 0.3) is 0 Å². The number of rotatable bonds is 6. The normalized spacial score (nSPS) is 20.5. The van der Waals surface area contributed by atoms with Gasteiger partial charge in [-0.3, -0.25) is 0 Å². The number of amides is 2. The number of nitrogens with zero attached hydrogens (tertiary/aromatic N) is 2. The fourth-order valence-corrected chi connectivity index (χ4v) is 4.33. The van der Waals surface area contributed by atoms with Crippen LogP contribution in [0.1, 0.15) is 45.1 Å². The van der Waals surface area contributed by atoms with Gasteiger partial charge in [0.05, 0.1) is 0 Å². The predicted molar refractivity (Wildman–Crippen MR) is 107 cm³/mol. The molecule has 0 radical (unpaired) electrons. The summed E-state index contributed by atoms with van der Waals surface area (Å²) in [5.74, 6) is 1.03. The second-order valence-electron chi connectivity index (χ2n) is 8.34. The fraction of sp³-hybridized carbons (Fsp3) is 0.682. The van der Waals surface area contributed by atoms with E-state index in [2.05, 4.69) is 54.4 Å². The van der Waals surface area contributed by atoms with Crippen molar-refractivity contribution in [2.75, 3.05) is 32.7 Å². The van der Waals surface area contributed by atoms with Gasteiger partial charge in [0.1, 0.15) is 0 Å². The maximum atomic E-state index is 12.6. The largest absolute Gasteiger partial charge is 0.338 e. The minimum atomic E-state index is 0.128. The first-order valence-corrected chi connectivity index (χ1v) is 10.4. The average molecular weight is 358 g/mol. The van der Waals surface area contributed by atoms with Crippen molar-refractivity contribution >= 4 is 6.03 Å². The van der Waals surface area contributed by atoms with E-state index in [1.54, 1.807) is 0 Å². The van der Waals surface area contributed by atoms with E-state index >= 15 is 0 Å². The molecule has 2 amide bonds. The topological polar surface area (TPSA) is 35.6 Å². The molecular weight excluding hydrogens is 322 g/mol. The Labute approximate surface area is 158 Å². The molecule has 144 valence electrons. The second kappa shape index (κ2) is 9.40. The van der Waals surface area contributed by atoms with Gasteiger partial charge in [0.2, 0.25) is 0 Å². The summed E-state index contributed by atoms with van der Waals surface area (Å²) in [6.07, 6.45) is 5.98. The molecule has 26 heavy (non-hydrogen) atoms. The molecule has 4 nitrogen and oxygen atoms in total. The number of hydrogen-bond donors (Lipinski definition) is 1. The Morgan fingerprint density at radius 2 is 1.73 bits per heavy atom. The summed E-state index contributed by atoms with van der Waals surface area (Å²) in [7, 11) is 0. The quantitative estimate of drug-likeness (QED) is 0.841. The van der Waals surface area contributed by atoms with Crippen LogP contribution in [0.5, 0.6) is 0 Å². The number of nitrogens with one attached hydrogen (secondary N) is 1. The van der Waals surface area contributed by atoms with Crippen molar-refractivity contribution in [3.05, 3.63) is 35.9 Å². The first kappa shape index (κ1) is 19.2. The third-order valence-corrected chi connectivity index (χ3v) is 6.21. The van der Waals surface area contributed by atoms with Crippen LogP contribution in [0.25, 0.3) is 0 Å². The lowest BCUT2D eigenvalue weighted by molar-refractivity contribution is 0.133. The van der Waals surface area contributed by atoms with Crippen molar-refractivity contribution < 1.29 is 4.79 Å². The monoisotopic (exact) mass is 357 g/mol. The highest BCUT2D eigenvalue weighted by atomic mass is 16.2. The van der Waals surface area contributed by atoms with Crippen LogP contribution in [0.15, 0.2) is 30.3 Å². The number of piperidine rings is 1. The van der Waals surface area contributed by atoms with Crippen LogP contribution in [0.4, 0.5) is 4.79 Å². The molecule has 1 atom stereocenters. The van der Waals surface area contributed by atoms with E-state index in [-0.39, 0.29) is 6.03 Å². The standard InChI is InChI=1S/C22H35N3O/c1-18(2)20(16-19-8-4-3-5-9-19)17-23-22(26)25-14-10-21(11-15-25)24-12-6-7-13-24/h3-5,8-9,18,20-21H,6-7,10-17H2,1-2H3,(H,23,26)/t20-/m1/s1. The van der Waals surface area contributed by atoms with Crippen molar-refractivity contribution in [1.29, 1.82) is 0 Å². The number of likely N-dealkylation sites (tertiary alicyclic amines) is 2. The summed E-state index contributed by atoms with van der Waals surface area (Å²) in [6, 6.07) is 11.4. The Morgan fingerprint density at radius 3 is 2.35 bits per heavy atom. The summed E-state index contributed by atoms with van der Waals surface area (Å²) < 4.78 is 0. The van der Waals surface area contributed by atoms with E-state index in [0.717, 1.165) is 38.9 Å². The molecule has 0 aliphatic carbocycles. The highest BCUT2D eigenvalue weighted by Gasteiger charge is 2.28. The lowest BCUT2D eigenvalue weighted by atomic mass is 9.89. The van der Waals surface area contributed by atoms with E-state index in [1.165, 1.54) is 31.5 Å². The van der Waals surface area contributed by atoms with Crippen LogP contribution in [0.3, 0.4) is 0 Å². The molecule has 0 aromatic heterocycles. The van der Waals surface area contributed by atoms with E-state index in [1.807, 2.05) is 4.90 Å². The number of carbonyl (C=O) groups is 1. The zero-order chi connectivity index (χ0) is 18.4. The Kier molecular flexibility index (Phi) is 6.95. The highest BCUT2D eigenvalue weighted by molar-refractivity contribution is 5.74. The Balaban J connectivity index is 1.43. The first-order chi connectivity index (χ1) is 12.6. The lowest BCUT2D eigenvalue weighted by Crippen LogP contribution is -2.50. The molecule has 2 fully saturated rings. The van der Waals surface area contributed by atoms with E-state index in [4.69, 9.17) is 0 Å². The molecule has 2 heterocycles. The summed E-state index contributed by atoms with van der Waals surface area (Å²) >= 11 is 0. The van der Waals surface area contributed by atoms with Crippen LogP contribution in [-0.2, 0) is 6.42 Å². The predicted octanol–water partition coefficient (Wildman–Crippen LogP) is 3.77. The summed E-state index contributed by atoms with van der Waals surface area (Å²) in [6.45, 7) is 9.58. The zero-order valence-corrected chi connectivity index (χ0v) is 16.5. The smallest absolute Gasteiger partial charge is 0.317 e. The molecule has 1 N–H and O–H groups in total. The van der Waals surface area contributed by atoms with Gasteiger partial charge in [-0.2, -0.15) is 0 Å². The van der Waals surface area contributed by atoms with Crippen molar-refractivity contribution in [2.45, 2.75) is 52.0 Å². The molecule has 0 saturated carbocycles. The molecule has 1 aromatic rings. The molecule has 1 aromatic carbocycles. The maximum Gasteiger partial charge on any atom is 0.317 e. The molecule has 2 saturated heterocycles. The lowest BCUT2D eigenvalue weighted by Gasteiger charge is -2.37. The molecule has 2 aliphatic heterocycles. The van der Waals surface area contributed by atoms with Crippen LogP contribution in [0, 0.1) is 11.8 Å². The van der Waals surface area contributed by atoms with Gasteiger partial charge in [-0.25, -0.2) is 4.79 Å². The van der Waals surface area contributed by atoms with Crippen molar-refractivity contribution in [1.82, 2.24) is 15.1 Å². The molecule has 0 spiro atoms. The van der Waals surface area contributed by atoms with Gasteiger partial charge in [-0.15, -0.1) is 0 Å². The minimum Gasteiger partial charge on any atom is -0.338 e. The van der Waals surface area contributed by atoms with E-state index in [0.29, 0.717) is 17.9 Å². The fourth-order valence-electron chi connectivity index (χ4n) is 4.33. The number of benzene rings is 1. The van der Waals surface area contributed by atoms with Gasteiger partial charge in [0.15, 0.2) is 0 Å². The molecule has 3 rings (SSSR count). The Morgan fingerprint density at radius 1 is 1.08 bits per heavy atom. The number of carbonyl (C=O) groups excluding carboxylic acids is 1. The highest BCUT2D eigenvalue weighted by Crippen LogP contribution is 2.21. The van der Waals surface area contributed by atoms with Crippen LogP contribution in [0.2, 0.25) is 0 Å². The molecule has 2 aliphatic rings. The summed E-state index contributed by atoms with van der Waals surface area (Å²) in [4.78, 5) is 17.3.